The van der Waals surface area contributed by atoms with Crippen LogP contribution in [0.25, 0.3) is 0 Å². The topological polar surface area (TPSA) is 57.6 Å². The molecule has 1 aromatic carbocycles. The van der Waals surface area contributed by atoms with Crippen molar-refractivity contribution >= 4 is 11.8 Å². The Labute approximate surface area is 87.1 Å². The maximum absolute atomic E-state index is 11.7. The minimum absolute atomic E-state index is 0.0609. The molecule has 0 spiro atoms. The lowest BCUT2D eigenvalue weighted by Crippen LogP contribution is -2.32. The fourth-order valence-corrected chi connectivity index (χ4v) is 1.71. The summed E-state index contributed by atoms with van der Waals surface area (Å²) in [5, 5.41) is 8.75. The second kappa shape index (κ2) is 3.47. The van der Waals surface area contributed by atoms with E-state index in [1.807, 2.05) is 6.92 Å². The maximum atomic E-state index is 11.7. The summed E-state index contributed by atoms with van der Waals surface area (Å²) in [6, 6.07) is 5.15. The molecule has 0 unspecified atom stereocenters. The zero-order valence-corrected chi connectivity index (χ0v) is 8.36. The van der Waals surface area contributed by atoms with Crippen LogP contribution in [0, 0.1) is 6.92 Å². The van der Waals surface area contributed by atoms with Crippen molar-refractivity contribution in [2.45, 2.75) is 6.92 Å². The van der Waals surface area contributed by atoms with E-state index in [1.165, 1.54) is 0 Å². The second-order valence-electron chi connectivity index (χ2n) is 3.53. The fraction of sp³-hybridized carbons (Fsp3) is 0.273. The molecule has 1 aliphatic rings. The van der Waals surface area contributed by atoms with E-state index in [0.717, 1.165) is 10.5 Å². The SMILES string of the molecule is Cc1ccc2c(c1)C(=O)N(CCO)C2=O. The second-order valence-corrected chi connectivity index (χ2v) is 3.53. The lowest BCUT2D eigenvalue weighted by molar-refractivity contribution is 0.0624. The molecule has 1 aliphatic heterocycles. The van der Waals surface area contributed by atoms with E-state index in [-0.39, 0.29) is 25.0 Å². The zero-order valence-electron chi connectivity index (χ0n) is 8.36. The average Bonchev–Trinajstić information content (AvgIpc) is 2.44. The number of β-amino-alcohol motifs (C(OH)–C–C–N with tert-alkyl or cyclic N) is 1. The zero-order chi connectivity index (χ0) is 11.0. The number of carbonyl (C=O) groups excluding carboxylic acids is 2. The summed E-state index contributed by atoms with van der Waals surface area (Å²) in [6.45, 7) is 1.72. The number of fused-ring (bicyclic) bond motifs is 1. The van der Waals surface area contributed by atoms with Crippen LogP contribution in [0.15, 0.2) is 18.2 Å². The molecule has 1 N–H and O–H groups in total. The van der Waals surface area contributed by atoms with Crippen LogP contribution in [0.1, 0.15) is 26.3 Å². The number of carbonyl (C=O) groups is 2. The quantitative estimate of drug-likeness (QED) is 0.718. The van der Waals surface area contributed by atoms with E-state index in [9.17, 15) is 9.59 Å². The van der Waals surface area contributed by atoms with E-state index in [4.69, 9.17) is 5.11 Å². The van der Waals surface area contributed by atoms with Crippen LogP contribution in [0.2, 0.25) is 0 Å². The Kier molecular flexibility index (Phi) is 2.28. The number of hydrogen-bond donors (Lipinski definition) is 1. The summed E-state index contributed by atoms with van der Waals surface area (Å²) in [7, 11) is 0. The molecule has 0 saturated heterocycles. The monoisotopic (exact) mass is 205 g/mol. The lowest BCUT2D eigenvalue weighted by Gasteiger charge is -2.10. The van der Waals surface area contributed by atoms with Crippen LogP contribution >= 0.6 is 0 Å². The number of aliphatic hydroxyl groups excluding tert-OH is 1. The molecule has 1 aromatic rings. The molecular weight excluding hydrogens is 194 g/mol. The number of hydrogen-bond acceptors (Lipinski definition) is 3. The summed E-state index contributed by atoms with van der Waals surface area (Å²) < 4.78 is 0. The first-order valence-electron chi connectivity index (χ1n) is 4.73. The molecule has 0 aromatic heterocycles. The van der Waals surface area contributed by atoms with Crippen molar-refractivity contribution in [3.05, 3.63) is 34.9 Å². The van der Waals surface area contributed by atoms with Crippen LogP contribution in [0.3, 0.4) is 0 Å². The van der Waals surface area contributed by atoms with Crippen LogP contribution < -0.4 is 0 Å². The van der Waals surface area contributed by atoms with Crippen LogP contribution in [0.4, 0.5) is 0 Å². The molecule has 0 aliphatic carbocycles. The molecular formula is C11H11NO3. The Morgan fingerprint density at radius 3 is 2.53 bits per heavy atom. The van der Waals surface area contributed by atoms with Crippen molar-refractivity contribution in [1.29, 1.82) is 0 Å². The molecule has 2 rings (SSSR count). The summed E-state index contributed by atoms with van der Waals surface area (Å²) in [5.41, 5.74) is 1.81. The normalized spacial score (nSPS) is 14.7. The predicted molar refractivity (Wildman–Crippen MR) is 53.6 cm³/mol. The van der Waals surface area contributed by atoms with Gasteiger partial charge in [-0.05, 0) is 19.1 Å². The van der Waals surface area contributed by atoms with Gasteiger partial charge in [-0.3, -0.25) is 14.5 Å². The molecule has 0 bridgehead atoms. The van der Waals surface area contributed by atoms with Gasteiger partial charge in [0.15, 0.2) is 0 Å². The highest BCUT2D eigenvalue weighted by molar-refractivity contribution is 6.21. The maximum Gasteiger partial charge on any atom is 0.261 e. The summed E-state index contributed by atoms with van der Waals surface area (Å²) in [6.07, 6.45) is 0. The van der Waals surface area contributed by atoms with Gasteiger partial charge in [0.2, 0.25) is 0 Å². The largest absolute Gasteiger partial charge is 0.395 e. The molecule has 0 radical (unpaired) electrons. The van der Waals surface area contributed by atoms with Gasteiger partial charge in [0, 0.05) is 0 Å². The minimum Gasteiger partial charge on any atom is -0.395 e. The van der Waals surface area contributed by atoms with Crippen LogP contribution in [-0.4, -0.2) is 35.0 Å². The van der Waals surface area contributed by atoms with Crippen molar-refractivity contribution in [1.82, 2.24) is 4.90 Å². The smallest absolute Gasteiger partial charge is 0.261 e. The molecule has 4 heteroatoms. The Morgan fingerprint density at radius 1 is 1.20 bits per heavy atom. The number of imide groups is 1. The van der Waals surface area contributed by atoms with E-state index in [0.29, 0.717) is 11.1 Å². The first-order valence-corrected chi connectivity index (χ1v) is 4.73. The summed E-state index contributed by atoms with van der Waals surface area (Å²) in [4.78, 5) is 24.5. The van der Waals surface area contributed by atoms with Gasteiger partial charge in [0.05, 0.1) is 24.3 Å². The van der Waals surface area contributed by atoms with Gasteiger partial charge >= 0.3 is 0 Å². The molecule has 15 heavy (non-hydrogen) atoms. The first-order chi connectivity index (χ1) is 7.15. The number of amides is 2. The number of benzene rings is 1. The first kappa shape index (κ1) is 9.86. The van der Waals surface area contributed by atoms with Crippen molar-refractivity contribution < 1.29 is 14.7 Å². The molecule has 4 nitrogen and oxygen atoms in total. The van der Waals surface area contributed by atoms with Crippen molar-refractivity contribution in [3.63, 3.8) is 0 Å². The number of rotatable bonds is 2. The standard InChI is InChI=1S/C11H11NO3/c1-7-2-3-8-9(6-7)11(15)12(4-5-13)10(8)14/h2-3,6,13H,4-5H2,1H3. The highest BCUT2D eigenvalue weighted by Gasteiger charge is 2.34. The van der Waals surface area contributed by atoms with E-state index in [2.05, 4.69) is 0 Å². The van der Waals surface area contributed by atoms with Crippen molar-refractivity contribution in [2.75, 3.05) is 13.2 Å². The number of aliphatic hydroxyl groups is 1. The van der Waals surface area contributed by atoms with Gasteiger partial charge in [-0.2, -0.15) is 0 Å². The average molecular weight is 205 g/mol. The van der Waals surface area contributed by atoms with E-state index >= 15 is 0 Å². The lowest BCUT2D eigenvalue weighted by atomic mass is 10.1. The van der Waals surface area contributed by atoms with Gasteiger partial charge in [-0.15, -0.1) is 0 Å². The predicted octanol–water partition coefficient (Wildman–Crippen LogP) is 0.583. The highest BCUT2D eigenvalue weighted by atomic mass is 16.3. The van der Waals surface area contributed by atoms with Crippen molar-refractivity contribution in [2.24, 2.45) is 0 Å². The Hall–Kier alpha value is -1.68. The highest BCUT2D eigenvalue weighted by Crippen LogP contribution is 2.23. The number of nitrogens with zero attached hydrogens (tertiary/aromatic N) is 1. The van der Waals surface area contributed by atoms with Crippen molar-refractivity contribution in [3.8, 4) is 0 Å². The van der Waals surface area contributed by atoms with Gasteiger partial charge in [-0.1, -0.05) is 11.6 Å². The van der Waals surface area contributed by atoms with Gasteiger partial charge < -0.3 is 5.11 Å². The Balaban J connectivity index is 2.46. The fourth-order valence-electron chi connectivity index (χ4n) is 1.71. The van der Waals surface area contributed by atoms with Crippen LogP contribution in [0.5, 0.6) is 0 Å². The van der Waals surface area contributed by atoms with Gasteiger partial charge in [0.1, 0.15) is 0 Å². The molecule has 1 heterocycles. The summed E-state index contributed by atoms with van der Waals surface area (Å²) in [5.74, 6) is -0.628. The molecule has 0 saturated carbocycles. The van der Waals surface area contributed by atoms with Crippen LogP contribution in [-0.2, 0) is 0 Å². The molecule has 0 atom stereocenters. The third-order valence-corrected chi connectivity index (χ3v) is 2.45. The minimum atomic E-state index is -0.316. The van der Waals surface area contributed by atoms with E-state index in [1.54, 1.807) is 18.2 Å². The van der Waals surface area contributed by atoms with E-state index < -0.39 is 0 Å². The molecule has 78 valence electrons. The Bertz CT molecular complexity index is 439. The molecule has 2 amide bonds. The number of aryl methyl sites for hydroxylation is 1. The third kappa shape index (κ3) is 1.43. The third-order valence-electron chi connectivity index (χ3n) is 2.45. The Morgan fingerprint density at radius 2 is 1.87 bits per heavy atom. The van der Waals surface area contributed by atoms with Gasteiger partial charge in [0.25, 0.3) is 11.8 Å². The molecule has 0 fully saturated rings. The summed E-state index contributed by atoms with van der Waals surface area (Å²) >= 11 is 0. The van der Waals surface area contributed by atoms with Gasteiger partial charge in [-0.25, -0.2) is 0 Å².